The highest BCUT2D eigenvalue weighted by Gasteiger charge is 2.30. The molecule has 1 aliphatic rings. The molecule has 0 spiro atoms. The van der Waals surface area contributed by atoms with Crippen molar-refractivity contribution < 1.29 is 5.11 Å². The van der Waals surface area contributed by atoms with Gasteiger partial charge in [-0.1, -0.05) is 71.6 Å². The molecule has 1 aliphatic carbocycles. The third-order valence-electron chi connectivity index (χ3n) is 9.20. The minimum absolute atomic E-state index is 0.284. The third kappa shape index (κ3) is 11.5. The summed E-state index contributed by atoms with van der Waals surface area (Å²) in [5, 5.41) is 11.7. The summed E-state index contributed by atoms with van der Waals surface area (Å²) in [6.45, 7) is 20.0. The van der Waals surface area contributed by atoms with Gasteiger partial charge in [0.05, 0.1) is 0 Å². The van der Waals surface area contributed by atoms with Gasteiger partial charge < -0.3 is 10.0 Å². The van der Waals surface area contributed by atoms with Gasteiger partial charge in [0.15, 0.2) is 0 Å². The van der Waals surface area contributed by atoms with E-state index in [9.17, 15) is 5.11 Å². The van der Waals surface area contributed by atoms with E-state index < -0.39 is 0 Å². The van der Waals surface area contributed by atoms with Gasteiger partial charge in [-0.05, 0) is 96.1 Å². The first-order valence-electron chi connectivity index (χ1n) is 15.0. The van der Waals surface area contributed by atoms with Gasteiger partial charge in [-0.3, -0.25) is 4.90 Å². The lowest BCUT2D eigenvalue weighted by atomic mass is 9.82. The Morgan fingerprint density at radius 1 is 1.09 bits per heavy atom. The summed E-state index contributed by atoms with van der Waals surface area (Å²) in [6, 6.07) is 0.625. The number of unbranched alkanes of at least 4 members (excludes halogenated alkanes) is 1. The minimum atomic E-state index is -0.346. The molecule has 0 radical (unpaired) electrons. The molecule has 0 aliphatic heterocycles. The average molecular weight is 491 g/mol. The lowest BCUT2D eigenvalue weighted by Gasteiger charge is -2.35. The van der Waals surface area contributed by atoms with Crippen LogP contribution in [-0.2, 0) is 0 Å². The van der Waals surface area contributed by atoms with Gasteiger partial charge in [0.25, 0.3) is 0 Å². The van der Waals surface area contributed by atoms with E-state index in [1.54, 1.807) is 0 Å². The molecule has 0 fully saturated rings. The van der Waals surface area contributed by atoms with Crippen LogP contribution in [0.3, 0.4) is 0 Å². The molecule has 1 N–H and O–H groups in total. The fraction of sp³-hybridized carbons (Fsp3) is 0.875. The van der Waals surface area contributed by atoms with Crippen LogP contribution in [0.2, 0.25) is 0 Å². The number of allylic oxidation sites excluding steroid dienone is 2. The van der Waals surface area contributed by atoms with Crippen molar-refractivity contribution in [1.29, 1.82) is 0 Å². The van der Waals surface area contributed by atoms with Crippen LogP contribution < -0.4 is 0 Å². The Kier molecular flexibility index (Phi) is 16.4. The molecule has 0 saturated heterocycles. The van der Waals surface area contributed by atoms with E-state index in [1.165, 1.54) is 50.5 Å². The molecule has 0 bridgehead atoms. The van der Waals surface area contributed by atoms with Crippen LogP contribution in [0, 0.1) is 29.6 Å². The van der Waals surface area contributed by atoms with Crippen molar-refractivity contribution in [2.75, 3.05) is 27.2 Å². The quantitative estimate of drug-likeness (QED) is 0.175. The van der Waals surface area contributed by atoms with E-state index in [2.05, 4.69) is 84.2 Å². The molecule has 0 aromatic rings. The number of hydrogen-bond acceptors (Lipinski definition) is 3. The van der Waals surface area contributed by atoms with Crippen LogP contribution in [0.4, 0.5) is 0 Å². The van der Waals surface area contributed by atoms with E-state index in [4.69, 9.17) is 0 Å². The smallest absolute Gasteiger partial charge is 0.113 e. The standard InChI is InChI=1S/C32H62N2O/c1-10-13-22-34(23-15-17-26(5)25(4)16-11-2)32(35)31-19-14-18-30(24-28(7)33(8)9)27(6)20-21-29(31)12-3/h11,21,25-28,30-32,35H,2,10,12-20,22-24H2,1,3-9H3/t25?,26?,27-,28-,30?,31?,32?/m0/s1. The molecule has 5 unspecified atom stereocenters. The lowest BCUT2D eigenvalue weighted by molar-refractivity contribution is -0.0353. The number of aliphatic hydroxyl groups is 1. The highest BCUT2D eigenvalue weighted by atomic mass is 16.3. The molecule has 3 heteroatoms. The van der Waals surface area contributed by atoms with Gasteiger partial charge in [-0.25, -0.2) is 0 Å². The molecule has 0 saturated carbocycles. The van der Waals surface area contributed by atoms with Crippen molar-refractivity contribution in [2.45, 2.75) is 124 Å². The van der Waals surface area contributed by atoms with Gasteiger partial charge in [-0.2, -0.15) is 0 Å². The minimum Gasteiger partial charge on any atom is -0.378 e. The second-order valence-corrected chi connectivity index (χ2v) is 12.1. The normalized spacial score (nSPS) is 25.3. The van der Waals surface area contributed by atoms with E-state index in [-0.39, 0.29) is 12.1 Å². The molecule has 7 atom stereocenters. The van der Waals surface area contributed by atoms with Crippen molar-refractivity contribution in [3.8, 4) is 0 Å². The summed E-state index contributed by atoms with van der Waals surface area (Å²) >= 11 is 0. The first-order chi connectivity index (χ1) is 16.7. The largest absolute Gasteiger partial charge is 0.378 e. The molecule has 0 aromatic heterocycles. The van der Waals surface area contributed by atoms with Crippen LogP contribution in [0.25, 0.3) is 0 Å². The summed E-state index contributed by atoms with van der Waals surface area (Å²) < 4.78 is 0. The molecule has 1 rings (SSSR count). The van der Waals surface area contributed by atoms with Crippen LogP contribution in [-0.4, -0.2) is 54.4 Å². The summed E-state index contributed by atoms with van der Waals surface area (Å²) in [4.78, 5) is 4.79. The number of aliphatic hydroxyl groups excluding tert-OH is 1. The fourth-order valence-electron chi connectivity index (χ4n) is 5.89. The summed E-state index contributed by atoms with van der Waals surface area (Å²) in [6.07, 6.45) is 17.2. The maximum absolute atomic E-state index is 11.7. The molecule has 206 valence electrons. The summed E-state index contributed by atoms with van der Waals surface area (Å²) in [5.41, 5.74) is 1.50. The lowest BCUT2D eigenvalue weighted by Crippen LogP contribution is -2.42. The second kappa shape index (κ2) is 17.8. The van der Waals surface area contributed by atoms with Crippen LogP contribution in [0.15, 0.2) is 24.3 Å². The van der Waals surface area contributed by atoms with E-state index in [0.717, 1.165) is 44.7 Å². The van der Waals surface area contributed by atoms with Gasteiger partial charge in [0.1, 0.15) is 6.23 Å². The van der Waals surface area contributed by atoms with E-state index >= 15 is 0 Å². The number of hydrogen-bond donors (Lipinski definition) is 1. The Bertz CT molecular complexity index is 586. The maximum atomic E-state index is 11.7. The summed E-state index contributed by atoms with van der Waals surface area (Å²) in [7, 11) is 4.41. The zero-order valence-electron chi connectivity index (χ0n) is 24.9. The van der Waals surface area contributed by atoms with Crippen LogP contribution >= 0.6 is 0 Å². The average Bonchev–Trinajstić information content (AvgIpc) is 2.90. The Morgan fingerprint density at radius 2 is 1.77 bits per heavy atom. The molecule has 0 amide bonds. The molecule has 0 heterocycles. The highest BCUT2D eigenvalue weighted by molar-refractivity contribution is 5.09. The van der Waals surface area contributed by atoms with Crippen molar-refractivity contribution in [1.82, 2.24) is 9.80 Å². The monoisotopic (exact) mass is 490 g/mol. The highest BCUT2D eigenvalue weighted by Crippen LogP contribution is 2.35. The van der Waals surface area contributed by atoms with Crippen LogP contribution in [0.1, 0.15) is 112 Å². The Hall–Kier alpha value is -0.640. The molecular weight excluding hydrogens is 428 g/mol. The van der Waals surface area contributed by atoms with Crippen molar-refractivity contribution >= 4 is 0 Å². The van der Waals surface area contributed by atoms with Crippen molar-refractivity contribution in [3.63, 3.8) is 0 Å². The first kappa shape index (κ1) is 32.4. The van der Waals surface area contributed by atoms with Gasteiger partial charge in [0, 0.05) is 25.0 Å². The van der Waals surface area contributed by atoms with Crippen molar-refractivity contribution in [2.24, 2.45) is 29.6 Å². The van der Waals surface area contributed by atoms with E-state index in [0.29, 0.717) is 23.8 Å². The number of rotatable bonds is 16. The zero-order chi connectivity index (χ0) is 26.4. The van der Waals surface area contributed by atoms with Gasteiger partial charge >= 0.3 is 0 Å². The number of nitrogens with zero attached hydrogens (tertiary/aromatic N) is 2. The van der Waals surface area contributed by atoms with Gasteiger partial charge in [-0.15, -0.1) is 6.58 Å². The molecule has 0 aromatic carbocycles. The first-order valence-corrected chi connectivity index (χ1v) is 15.0. The van der Waals surface area contributed by atoms with Crippen LogP contribution in [0.5, 0.6) is 0 Å². The van der Waals surface area contributed by atoms with E-state index in [1.807, 2.05) is 0 Å². The predicted molar refractivity (Wildman–Crippen MR) is 156 cm³/mol. The molecule has 35 heavy (non-hydrogen) atoms. The third-order valence-corrected chi connectivity index (χ3v) is 9.20. The Labute approximate surface area is 220 Å². The molecular formula is C32H62N2O. The zero-order valence-corrected chi connectivity index (χ0v) is 24.9. The topological polar surface area (TPSA) is 26.7 Å². The van der Waals surface area contributed by atoms with Gasteiger partial charge in [0.2, 0.25) is 0 Å². The maximum Gasteiger partial charge on any atom is 0.113 e. The molecule has 3 nitrogen and oxygen atoms in total. The predicted octanol–water partition coefficient (Wildman–Crippen LogP) is 8.15. The second-order valence-electron chi connectivity index (χ2n) is 12.1. The summed E-state index contributed by atoms with van der Waals surface area (Å²) in [5.74, 6) is 3.16. The Morgan fingerprint density at radius 3 is 2.37 bits per heavy atom. The van der Waals surface area contributed by atoms with Crippen molar-refractivity contribution in [3.05, 3.63) is 24.3 Å². The SMILES string of the molecule is C=CCC(C)C(C)CCCN(CCCC)C(O)C1CCCC(C[C@H](C)N(C)C)[C@@H](C)CC=C1CC. The Balaban J connectivity index is 2.90. The fourth-order valence-corrected chi connectivity index (χ4v) is 5.89.